The van der Waals surface area contributed by atoms with E-state index >= 15 is 0 Å². The molecular weight excluding hydrogens is 369 g/mol. The number of hydrogen-bond donors (Lipinski definition) is 1. The van der Waals surface area contributed by atoms with Crippen LogP contribution in [0.15, 0.2) is 54.6 Å². The average molecular weight is 387 g/mol. The second-order valence-corrected chi connectivity index (χ2v) is 6.89. The predicted molar refractivity (Wildman–Crippen MR) is 107 cm³/mol. The minimum absolute atomic E-state index is 0.204. The van der Waals surface area contributed by atoms with Crippen molar-refractivity contribution in [3.05, 3.63) is 83.1 Å². The van der Waals surface area contributed by atoms with Crippen molar-refractivity contribution in [2.45, 2.75) is 12.8 Å². The highest BCUT2D eigenvalue weighted by atomic mass is 19.1. The predicted octanol–water partition coefficient (Wildman–Crippen LogP) is 3.16. The summed E-state index contributed by atoms with van der Waals surface area (Å²) in [4.78, 5) is 34.3. The van der Waals surface area contributed by atoms with Gasteiger partial charge in [-0.15, -0.1) is 0 Å². The molecule has 0 fully saturated rings. The number of fused-ring (bicyclic) bond motifs is 1. The summed E-state index contributed by atoms with van der Waals surface area (Å²) in [6.07, 6.45) is 0.762. The Balaban J connectivity index is 1.56. The van der Waals surface area contributed by atoms with Gasteiger partial charge in [0.25, 0.3) is 0 Å². The van der Waals surface area contributed by atoms with Crippen molar-refractivity contribution in [3.8, 4) is 11.8 Å². The molecule has 2 heterocycles. The Hall–Kier alpha value is -3.72. The van der Waals surface area contributed by atoms with Crippen molar-refractivity contribution >= 4 is 17.5 Å². The van der Waals surface area contributed by atoms with E-state index in [0.717, 1.165) is 11.1 Å². The molecule has 0 spiro atoms. The number of aromatic nitrogens is 2. The van der Waals surface area contributed by atoms with Crippen molar-refractivity contribution in [1.82, 2.24) is 9.97 Å². The third kappa shape index (κ3) is 3.81. The summed E-state index contributed by atoms with van der Waals surface area (Å²) in [7, 11) is 1.59. The van der Waals surface area contributed by atoms with Crippen LogP contribution in [0.2, 0.25) is 0 Å². The molecule has 1 amide bonds. The van der Waals surface area contributed by atoms with Crippen LogP contribution in [0.4, 0.5) is 10.2 Å². The number of amides is 1. The number of nitrogens with zero attached hydrogens (tertiary/aromatic N) is 2. The number of aromatic amines is 1. The van der Waals surface area contributed by atoms with Gasteiger partial charge < -0.3 is 4.98 Å². The molecule has 0 saturated heterocycles. The SMILES string of the molecule is CN1C(=O)C(Cc2ccc(F)cc2)C(=O)c2[nH]c(C#CCc3ccccc3)nc21. The van der Waals surface area contributed by atoms with Crippen LogP contribution in [0.1, 0.15) is 27.4 Å². The van der Waals surface area contributed by atoms with Gasteiger partial charge in [0, 0.05) is 13.5 Å². The number of benzene rings is 2. The molecule has 5 nitrogen and oxygen atoms in total. The lowest BCUT2D eigenvalue weighted by Crippen LogP contribution is -2.43. The number of anilines is 1. The van der Waals surface area contributed by atoms with Gasteiger partial charge in [0.1, 0.15) is 17.4 Å². The summed E-state index contributed by atoms with van der Waals surface area (Å²) in [6.45, 7) is 0. The van der Waals surface area contributed by atoms with Gasteiger partial charge in [0.15, 0.2) is 17.4 Å². The van der Waals surface area contributed by atoms with Crippen molar-refractivity contribution in [1.29, 1.82) is 0 Å². The first-order valence-electron chi connectivity index (χ1n) is 9.22. The Morgan fingerprint density at radius 3 is 2.52 bits per heavy atom. The van der Waals surface area contributed by atoms with Gasteiger partial charge in [-0.2, -0.15) is 0 Å². The van der Waals surface area contributed by atoms with Crippen LogP contribution in [0.5, 0.6) is 0 Å². The topological polar surface area (TPSA) is 66.1 Å². The Morgan fingerprint density at radius 2 is 1.79 bits per heavy atom. The second kappa shape index (κ2) is 7.72. The zero-order valence-electron chi connectivity index (χ0n) is 15.8. The normalized spacial score (nSPS) is 15.7. The third-order valence-corrected chi connectivity index (χ3v) is 4.89. The average Bonchev–Trinajstić information content (AvgIpc) is 3.16. The largest absolute Gasteiger partial charge is 0.327 e. The molecule has 2 aromatic carbocycles. The first kappa shape index (κ1) is 18.6. The number of halogens is 1. The van der Waals surface area contributed by atoms with Gasteiger partial charge in [-0.05, 0) is 35.6 Å². The first-order chi connectivity index (χ1) is 14.0. The molecule has 144 valence electrons. The zero-order valence-corrected chi connectivity index (χ0v) is 15.8. The molecule has 0 bridgehead atoms. The van der Waals surface area contributed by atoms with Gasteiger partial charge >= 0.3 is 0 Å². The molecule has 1 aromatic heterocycles. The number of carbonyl (C=O) groups excluding carboxylic acids is 2. The van der Waals surface area contributed by atoms with E-state index in [1.165, 1.54) is 17.0 Å². The van der Waals surface area contributed by atoms with Gasteiger partial charge in [0.2, 0.25) is 5.91 Å². The van der Waals surface area contributed by atoms with Crippen LogP contribution in [-0.4, -0.2) is 28.7 Å². The minimum Gasteiger partial charge on any atom is -0.327 e. The maximum absolute atomic E-state index is 13.1. The molecule has 3 aromatic rings. The molecule has 1 N–H and O–H groups in total. The van der Waals surface area contributed by atoms with E-state index in [0.29, 0.717) is 18.1 Å². The molecule has 1 aliphatic heterocycles. The van der Waals surface area contributed by atoms with E-state index in [1.807, 2.05) is 30.3 Å². The Labute approximate surface area is 167 Å². The summed E-state index contributed by atoms with van der Waals surface area (Å²) >= 11 is 0. The van der Waals surface area contributed by atoms with E-state index in [4.69, 9.17) is 0 Å². The maximum atomic E-state index is 13.1. The van der Waals surface area contributed by atoms with Gasteiger partial charge in [-0.3, -0.25) is 14.5 Å². The van der Waals surface area contributed by atoms with Gasteiger partial charge in [0.05, 0.1) is 0 Å². The highest BCUT2D eigenvalue weighted by Crippen LogP contribution is 2.29. The lowest BCUT2D eigenvalue weighted by Gasteiger charge is -2.26. The quantitative estimate of drug-likeness (QED) is 0.555. The fourth-order valence-corrected chi connectivity index (χ4v) is 3.32. The number of ketones is 1. The van der Waals surface area contributed by atoms with Crippen LogP contribution in [0, 0.1) is 23.6 Å². The first-order valence-corrected chi connectivity index (χ1v) is 9.22. The Morgan fingerprint density at radius 1 is 1.07 bits per heavy atom. The van der Waals surface area contributed by atoms with Crippen LogP contribution >= 0.6 is 0 Å². The van der Waals surface area contributed by atoms with Crippen molar-refractivity contribution in [2.75, 3.05) is 11.9 Å². The molecule has 1 atom stereocenters. The van der Waals surface area contributed by atoms with E-state index in [-0.39, 0.29) is 29.6 Å². The van der Waals surface area contributed by atoms with Crippen LogP contribution in [0.25, 0.3) is 0 Å². The standard InChI is InChI=1S/C23H18FN3O2/c1-27-22-20(25-19(26-22)9-5-8-15-6-3-2-4-7-15)21(28)18(23(27)29)14-16-10-12-17(24)13-11-16/h2-4,6-7,10-13,18H,8,14H2,1H3,(H,25,26). The van der Waals surface area contributed by atoms with E-state index in [1.54, 1.807) is 19.2 Å². The molecule has 4 rings (SSSR count). The monoisotopic (exact) mass is 387 g/mol. The lowest BCUT2D eigenvalue weighted by molar-refractivity contribution is -0.121. The third-order valence-electron chi connectivity index (χ3n) is 4.89. The fraction of sp³-hybridized carbons (Fsp3) is 0.174. The van der Waals surface area contributed by atoms with E-state index in [9.17, 15) is 14.0 Å². The molecule has 1 aliphatic rings. The Bertz CT molecular complexity index is 1120. The summed E-state index contributed by atoms with van der Waals surface area (Å²) in [5.41, 5.74) is 2.08. The summed E-state index contributed by atoms with van der Waals surface area (Å²) in [5.74, 6) is 4.71. The zero-order chi connectivity index (χ0) is 20.4. The van der Waals surface area contributed by atoms with Gasteiger partial charge in [-0.1, -0.05) is 48.4 Å². The number of H-pyrrole nitrogens is 1. The Kier molecular flexibility index (Phi) is 4.96. The molecule has 6 heteroatoms. The van der Waals surface area contributed by atoms with Gasteiger partial charge in [-0.25, -0.2) is 9.37 Å². The number of hydrogen-bond acceptors (Lipinski definition) is 3. The minimum atomic E-state index is -0.872. The van der Waals surface area contributed by atoms with Crippen molar-refractivity contribution < 1.29 is 14.0 Å². The molecule has 29 heavy (non-hydrogen) atoms. The molecule has 0 aliphatic carbocycles. The molecule has 0 saturated carbocycles. The smallest absolute Gasteiger partial charge is 0.239 e. The van der Waals surface area contributed by atoms with Crippen LogP contribution in [-0.2, 0) is 17.6 Å². The fourth-order valence-electron chi connectivity index (χ4n) is 3.32. The number of rotatable bonds is 3. The highest BCUT2D eigenvalue weighted by Gasteiger charge is 2.40. The molecule has 0 radical (unpaired) electrons. The van der Waals surface area contributed by atoms with E-state index < -0.39 is 5.92 Å². The molecular formula is C23H18FN3O2. The number of Topliss-reactive ketones (excluding diaryl/α,β-unsaturated/α-hetero) is 1. The van der Waals surface area contributed by atoms with Crippen molar-refractivity contribution in [2.24, 2.45) is 5.92 Å². The van der Waals surface area contributed by atoms with Crippen LogP contribution < -0.4 is 4.90 Å². The lowest BCUT2D eigenvalue weighted by atomic mass is 9.89. The number of nitrogens with one attached hydrogen (secondary N) is 1. The highest BCUT2D eigenvalue weighted by molar-refractivity contribution is 6.20. The summed E-state index contributed by atoms with van der Waals surface area (Å²) in [6, 6.07) is 15.6. The summed E-state index contributed by atoms with van der Waals surface area (Å²) < 4.78 is 13.1. The number of imidazole rings is 1. The molecule has 1 unspecified atom stereocenters. The summed E-state index contributed by atoms with van der Waals surface area (Å²) in [5, 5.41) is 0. The maximum Gasteiger partial charge on any atom is 0.239 e. The number of carbonyl (C=O) groups is 2. The van der Waals surface area contributed by atoms with Crippen LogP contribution in [0.3, 0.4) is 0 Å². The van der Waals surface area contributed by atoms with E-state index in [2.05, 4.69) is 21.8 Å². The van der Waals surface area contributed by atoms with Crippen molar-refractivity contribution in [3.63, 3.8) is 0 Å². The second-order valence-electron chi connectivity index (χ2n) is 6.89.